The molecule has 0 radical (unpaired) electrons. The Labute approximate surface area is 109 Å². The predicted molar refractivity (Wildman–Crippen MR) is 73.8 cm³/mol. The van der Waals surface area contributed by atoms with Crippen molar-refractivity contribution in [2.75, 3.05) is 0 Å². The highest BCUT2D eigenvalue weighted by molar-refractivity contribution is 5.72. The lowest BCUT2D eigenvalue weighted by molar-refractivity contribution is -0.139. The topological polar surface area (TPSA) is 49.3 Å². The van der Waals surface area contributed by atoms with Gasteiger partial charge in [0.15, 0.2) is 0 Å². The summed E-state index contributed by atoms with van der Waals surface area (Å²) in [5.74, 6) is -0.826. The summed E-state index contributed by atoms with van der Waals surface area (Å²) in [6, 6.07) is 7.84. The fourth-order valence-corrected chi connectivity index (χ4v) is 1.81. The highest BCUT2D eigenvalue weighted by atomic mass is 16.4. The van der Waals surface area contributed by atoms with Crippen molar-refractivity contribution in [3.63, 3.8) is 0 Å². The van der Waals surface area contributed by atoms with Crippen molar-refractivity contribution < 1.29 is 9.90 Å². The van der Waals surface area contributed by atoms with Crippen LogP contribution in [0.15, 0.2) is 24.3 Å². The Morgan fingerprint density at radius 2 is 1.67 bits per heavy atom. The monoisotopic (exact) mass is 249 g/mol. The number of nitrogens with one attached hydrogen (secondary N) is 1. The van der Waals surface area contributed by atoms with E-state index in [1.807, 2.05) is 6.92 Å². The smallest absolute Gasteiger partial charge is 0.320 e. The standard InChI is InChI=1S/C15H23NO2/c1-10(16-11(2)14(17)18)12-6-8-13(9-7-12)15(3,4)5/h6-11,16H,1-5H3,(H,17,18)/t10?,11-/m0/s1. The van der Waals surface area contributed by atoms with E-state index in [1.54, 1.807) is 6.92 Å². The zero-order valence-electron chi connectivity index (χ0n) is 11.8. The summed E-state index contributed by atoms with van der Waals surface area (Å²) < 4.78 is 0. The van der Waals surface area contributed by atoms with Crippen molar-refractivity contribution in [1.82, 2.24) is 5.32 Å². The van der Waals surface area contributed by atoms with Gasteiger partial charge in [-0.2, -0.15) is 0 Å². The normalized spacial score (nSPS) is 15.2. The quantitative estimate of drug-likeness (QED) is 0.862. The van der Waals surface area contributed by atoms with E-state index in [9.17, 15) is 4.79 Å². The van der Waals surface area contributed by atoms with Gasteiger partial charge in [-0.05, 0) is 30.4 Å². The molecule has 3 nitrogen and oxygen atoms in total. The van der Waals surface area contributed by atoms with E-state index in [2.05, 4.69) is 50.4 Å². The highest BCUT2D eigenvalue weighted by Crippen LogP contribution is 2.23. The lowest BCUT2D eigenvalue weighted by Crippen LogP contribution is -2.35. The third kappa shape index (κ3) is 3.84. The Morgan fingerprint density at radius 3 is 2.06 bits per heavy atom. The SMILES string of the molecule is CC(N[C@@H](C)C(=O)O)c1ccc(C(C)(C)C)cc1. The van der Waals surface area contributed by atoms with E-state index >= 15 is 0 Å². The first-order chi connectivity index (χ1) is 8.21. The van der Waals surface area contributed by atoms with Crippen LogP contribution in [0.5, 0.6) is 0 Å². The molecule has 0 aromatic heterocycles. The first-order valence-corrected chi connectivity index (χ1v) is 6.31. The van der Waals surface area contributed by atoms with Crippen molar-refractivity contribution >= 4 is 5.97 Å². The number of carboxylic acids is 1. The maximum Gasteiger partial charge on any atom is 0.320 e. The van der Waals surface area contributed by atoms with Crippen LogP contribution >= 0.6 is 0 Å². The first-order valence-electron chi connectivity index (χ1n) is 6.31. The molecule has 0 spiro atoms. The van der Waals surface area contributed by atoms with Crippen LogP contribution in [0.2, 0.25) is 0 Å². The van der Waals surface area contributed by atoms with Crippen LogP contribution in [0.4, 0.5) is 0 Å². The maximum absolute atomic E-state index is 10.8. The van der Waals surface area contributed by atoms with Crippen molar-refractivity contribution in [1.29, 1.82) is 0 Å². The van der Waals surface area contributed by atoms with E-state index < -0.39 is 12.0 Å². The second-order valence-electron chi connectivity index (χ2n) is 5.82. The van der Waals surface area contributed by atoms with Gasteiger partial charge in [0.05, 0.1) is 0 Å². The van der Waals surface area contributed by atoms with E-state index in [4.69, 9.17) is 5.11 Å². The molecule has 100 valence electrons. The number of carboxylic acid groups (broad SMARTS) is 1. The first kappa shape index (κ1) is 14.7. The maximum atomic E-state index is 10.8. The van der Waals surface area contributed by atoms with Gasteiger partial charge in [-0.3, -0.25) is 10.1 Å². The minimum Gasteiger partial charge on any atom is -0.480 e. The fraction of sp³-hybridized carbons (Fsp3) is 0.533. The van der Waals surface area contributed by atoms with Gasteiger partial charge in [0, 0.05) is 6.04 Å². The number of aliphatic carboxylic acids is 1. The summed E-state index contributed by atoms with van der Waals surface area (Å²) in [5, 5.41) is 11.9. The molecule has 18 heavy (non-hydrogen) atoms. The Bertz CT molecular complexity index is 403. The van der Waals surface area contributed by atoms with Gasteiger partial charge < -0.3 is 5.11 Å². The number of hydrogen-bond acceptors (Lipinski definition) is 2. The number of carbonyl (C=O) groups is 1. The van der Waals surface area contributed by atoms with Crippen LogP contribution in [-0.4, -0.2) is 17.1 Å². The third-order valence-corrected chi connectivity index (χ3v) is 3.15. The highest BCUT2D eigenvalue weighted by Gasteiger charge is 2.16. The Morgan fingerprint density at radius 1 is 1.17 bits per heavy atom. The molecule has 1 aromatic rings. The number of rotatable bonds is 4. The van der Waals surface area contributed by atoms with E-state index in [1.165, 1.54) is 5.56 Å². The summed E-state index contributed by atoms with van der Waals surface area (Å²) >= 11 is 0. The molecule has 0 bridgehead atoms. The summed E-state index contributed by atoms with van der Waals surface area (Å²) in [7, 11) is 0. The Kier molecular flexibility index (Phi) is 4.52. The average molecular weight is 249 g/mol. The van der Waals surface area contributed by atoms with Crippen LogP contribution in [0.3, 0.4) is 0 Å². The molecule has 0 amide bonds. The molecule has 1 unspecified atom stereocenters. The largest absolute Gasteiger partial charge is 0.480 e. The summed E-state index contributed by atoms with van der Waals surface area (Å²) in [6.45, 7) is 10.2. The lowest BCUT2D eigenvalue weighted by atomic mass is 9.86. The van der Waals surface area contributed by atoms with Crippen LogP contribution in [0.25, 0.3) is 0 Å². The van der Waals surface area contributed by atoms with Crippen molar-refractivity contribution in [2.24, 2.45) is 0 Å². The molecular formula is C15H23NO2. The van der Waals surface area contributed by atoms with Crippen molar-refractivity contribution in [3.8, 4) is 0 Å². The molecule has 1 rings (SSSR count). The van der Waals surface area contributed by atoms with Gasteiger partial charge in [0.25, 0.3) is 0 Å². The van der Waals surface area contributed by atoms with Crippen molar-refractivity contribution in [3.05, 3.63) is 35.4 Å². The van der Waals surface area contributed by atoms with Gasteiger partial charge in [-0.1, -0.05) is 45.0 Å². The predicted octanol–water partition coefficient (Wildman–Crippen LogP) is 3.11. The van der Waals surface area contributed by atoms with Crippen LogP contribution < -0.4 is 5.32 Å². The second kappa shape index (κ2) is 5.53. The second-order valence-corrected chi connectivity index (χ2v) is 5.82. The van der Waals surface area contributed by atoms with Gasteiger partial charge in [0.2, 0.25) is 0 Å². The molecule has 0 aliphatic rings. The molecule has 2 N–H and O–H groups in total. The molecule has 0 saturated heterocycles. The number of hydrogen-bond donors (Lipinski definition) is 2. The van der Waals surface area contributed by atoms with Crippen LogP contribution in [0, 0.1) is 0 Å². The van der Waals surface area contributed by atoms with Crippen molar-refractivity contribution in [2.45, 2.75) is 52.1 Å². The third-order valence-electron chi connectivity index (χ3n) is 3.15. The Balaban J connectivity index is 2.76. The average Bonchev–Trinajstić information content (AvgIpc) is 2.27. The zero-order valence-corrected chi connectivity index (χ0v) is 11.8. The van der Waals surface area contributed by atoms with Crippen LogP contribution in [-0.2, 0) is 10.2 Å². The molecule has 2 atom stereocenters. The summed E-state index contributed by atoms with van der Waals surface area (Å²) in [6.07, 6.45) is 0. The molecule has 0 saturated carbocycles. The molecule has 1 aromatic carbocycles. The lowest BCUT2D eigenvalue weighted by Gasteiger charge is -2.21. The van der Waals surface area contributed by atoms with Gasteiger partial charge in [-0.25, -0.2) is 0 Å². The zero-order chi connectivity index (χ0) is 13.9. The molecule has 0 heterocycles. The molecule has 3 heteroatoms. The van der Waals surface area contributed by atoms with Gasteiger partial charge in [-0.15, -0.1) is 0 Å². The Hall–Kier alpha value is -1.35. The molecule has 0 aliphatic heterocycles. The number of benzene rings is 1. The van der Waals surface area contributed by atoms with Gasteiger partial charge in [0.1, 0.15) is 6.04 Å². The van der Waals surface area contributed by atoms with Gasteiger partial charge >= 0.3 is 5.97 Å². The summed E-state index contributed by atoms with van der Waals surface area (Å²) in [4.78, 5) is 10.8. The molecule has 0 aliphatic carbocycles. The van der Waals surface area contributed by atoms with Crippen LogP contribution in [0.1, 0.15) is 51.8 Å². The van der Waals surface area contributed by atoms with E-state index in [0.29, 0.717) is 0 Å². The van der Waals surface area contributed by atoms with E-state index in [0.717, 1.165) is 5.56 Å². The summed E-state index contributed by atoms with van der Waals surface area (Å²) in [5.41, 5.74) is 2.53. The minimum atomic E-state index is -0.826. The minimum absolute atomic E-state index is 0.0325. The fourth-order valence-electron chi connectivity index (χ4n) is 1.81. The molecule has 0 fully saturated rings. The molecular weight excluding hydrogens is 226 g/mol. The van der Waals surface area contributed by atoms with E-state index in [-0.39, 0.29) is 11.5 Å².